The van der Waals surface area contributed by atoms with Gasteiger partial charge in [0, 0.05) is 31.0 Å². The Hall–Kier alpha value is -1.53. The highest BCUT2D eigenvalue weighted by atomic mass is 32.2. The number of hydrogen-bond donors (Lipinski definition) is 0. The molecule has 5 nitrogen and oxygen atoms in total. The van der Waals surface area contributed by atoms with Crippen molar-refractivity contribution in [3.63, 3.8) is 0 Å². The third-order valence-electron chi connectivity index (χ3n) is 3.51. The first-order chi connectivity index (χ1) is 9.32. The van der Waals surface area contributed by atoms with Crippen LogP contribution in [0.25, 0.3) is 0 Å². The fourth-order valence-corrected chi connectivity index (χ4v) is 3.80. The van der Waals surface area contributed by atoms with Crippen LogP contribution >= 0.6 is 0 Å². The van der Waals surface area contributed by atoms with Crippen LogP contribution in [-0.2, 0) is 14.8 Å². The number of carbonyl (C=O) groups is 2. The topological polar surface area (TPSA) is 71.5 Å². The monoisotopic (exact) mass is 295 g/mol. The van der Waals surface area contributed by atoms with Crippen molar-refractivity contribution in [3.05, 3.63) is 29.8 Å². The van der Waals surface area contributed by atoms with E-state index in [9.17, 15) is 18.0 Å². The summed E-state index contributed by atoms with van der Waals surface area (Å²) in [5.41, 5.74) is 0.368. The molecule has 1 saturated heterocycles. The first-order valence-corrected chi connectivity index (χ1v) is 7.90. The van der Waals surface area contributed by atoms with E-state index in [4.69, 9.17) is 0 Å². The molecule has 0 aromatic heterocycles. The Kier molecular flexibility index (Phi) is 4.06. The van der Waals surface area contributed by atoms with E-state index in [0.29, 0.717) is 5.56 Å². The highest BCUT2D eigenvalue weighted by Crippen LogP contribution is 2.22. The van der Waals surface area contributed by atoms with Gasteiger partial charge in [0.15, 0.2) is 5.78 Å². The first-order valence-electron chi connectivity index (χ1n) is 6.46. The molecule has 0 spiro atoms. The molecule has 1 unspecified atom stereocenters. The van der Waals surface area contributed by atoms with Gasteiger partial charge in [-0.1, -0.05) is 19.1 Å². The lowest BCUT2D eigenvalue weighted by atomic mass is 10.0. The molecule has 108 valence electrons. The van der Waals surface area contributed by atoms with Crippen LogP contribution in [0.15, 0.2) is 29.2 Å². The zero-order valence-electron chi connectivity index (χ0n) is 11.5. The standard InChI is InChI=1S/C14H17NO4S/c1-10-9-15(7-6-14(10)17)20(18,19)13-5-3-4-12(8-13)11(2)16/h3-5,8,10H,6-7,9H2,1-2H3. The van der Waals surface area contributed by atoms with Gasteiger partial charge in [-0.05, 0) is 19.1 Å². The number of Topliss-reactive ketones (excluding diaryl/α,β-unsaturated/α-hetero) is 2. The predicted molar refractivity (Wildman–Crippen MR) is 74.0 cm³/mol. The second kappa shape index (κ2) is 5.46. The van der Waals surface area contributed by atoms with Crippen LogP contribution in [0.5, 0.6) is 0 Å². The maximum atomic E-state index is 12.5. The van der Waals surface area contributed by atoms with Gasteiger partial charge >= 0.3 is 0 Å². The molecule has 0 saturated carbocycles. The van der Waals surface area contributed by atoms with Gasteiger partial charge in [-0.25, -0.2) is 8.42 Å². The summed E-state index contributed by atoms with van der Waals surface area (Å²) in [5, 5.41) is 0. The summed E-state index contributed by atoms with van der Waals surface area (Å²) in [4.78, 5) is 22.9. The van der Waals surface area contributed by atoms with Crippen LogP contribution in [0.2, 0.25) is 0 Å². The van der Waals surface area contributed by atoms with E-state index in [1.807, 2.05) is 0 Å². The van der Waals surface area contributed by atoms with Crippen LogP contribution in [0, 0.1) is 5.92 Å². The summed E-state index contributed by atoms with van der Waals surface area (Å²) in [6.45, 7) is 3.53. The quantitative estimate of drug-likeness (QED) is 0.792. The molecule has 1 aliphatic rings. The molecule has 1 atom stereocenters. The molecule has 1 aromatic rings. The van der Waals surface area contributed by atoms with E-state index in [1.165, 1.54) is 23.4 Å². The van der Waals surface area contributed by atoms with E-state index in [-0.39, 0.29) is 41.9 Å². The Bertz CT molecular complexity index is 651. The number of carbonyl (C=O) groups excluding carboxylic acids is 2. The van der Waals surface area contributed by atoms with Gasteiger partial charge in [0.05, 0.1) is 4.90 Å². The molecule has 1 heterocycles. The van der Waals surface area contributed by atoms with Gasteiger partial charge in [0.25, 0.3) is 0 Å². The van der Waals surface area contributed by atoms with Crippen LogP contribution in [0.4, 0.5) is 0 Å². The first kappa shape index (κ1) is 14.9. The fourth-order valence-electron chi connectivity index (χ4n) is 2.22. The van der Waals surface area contributed by atoms with E-state index in [0.717, 1.165) is 0 Å². The van der Waals surface area contributed by atoms with Gasteiger partial charge in [0.2, 0.25) is 10.0 Å². The molecule has 0 bridgehead atoms. The van der Waals surface area contributed by atoms with Crippen molar-refractivity contribution >= 4 is 21.6 Å². The lowest BCUT2D eigenvalue weighted by molar-refractivity contribution is -0.124. The van der Waals surface area contributed by atoms with Crippen molar-refractivity contribution in [1.29, 1.82) is 0 Å². The maximum absolute atomic E-state index is 12.5. The molecule has 0 N–H and O–H groups in total. The van der Waals surface area contributed by atoms with Gasteiger partial charge in [-0.2, -0.15) is 4.31 Å². The van der Waals surface area contributed by atoms with Crippen LogP contribution < -0.4 is 0 Å². The summed E-state index contributed by atoms with van der Waals surface area (Å²) in [5.74, 6) is -0.368. The third kappa shape index (κ3) is 2.81. The van der Waals surface area contributed by atoms with E-state index in [1.54, 1.807) is 19.1 Å². The Morgan fingerprint density at radius 1 is 1.35 bits per heavy atom. The zero-order valence-corrected chi connectivity index (χ0v) is 12.3. The molecule has 1 aromatic carbocycles. The largest absolute Gasteiger partial charge is 0.299 e. The lowest BCUT2D eigenvalue weighted by Gasteiger charge is -2.29. The Balaban J connectivity index is 2.33. The van der Waals surface area contributed by atoms with Crippen molar-refractivity contribution in [2.45, 2.75) is 25.2 Å². The highest BCUT2D eigenvalue weighted by Gasteiger charge is 2.32. The SMILES string of the molecule is CC(=O)c1cccc(S(=O)(=O)N2CCC(=O)C(C)C2)c1. The average Bonchev–Trinajstić information content (AvgIpc) is 2.42. The molecule has 0 radical (unpaired) electrons. The molecule has 20 heavy (non-hydrogen) atoms. The number of nitrogens with zero attached hydrogens (tertiary/aromatic N) is 1. The number of rotatable bonds is 3. The second-order valence-electron chi connectivity index (χ2n) is 5.06. The minimum atomic E-state index is -3.65. The molecule has 1 fully saturated rings. The van der Waals surface area contributed by atoms with Gasteiger partial charge < -0.3 is 0 Å². The molecular formula is C14H17NO4S. The number of benzene rings is 1. The third-order valence-corrected chi connectivity index (χ3v) is 5.37. The molecular weight excluding hydrogens is 278 g/mol. The summed E-state index contributed by atoms with van der Waals surface area (Å²) >= 11 is 0. The minimum Gasteiger partial charge on any atom is -0.299 e. The molecule has 6 heteroatoms. The summed E-state index contributed by atoms with van der Waals surface area (Å²) in [6.07, 6.45) is 0.243. The predicted octanol–water partition coefficient (Wildman–Crippen LogP) is 1.49. The van der Waals surface area contributed by atoms with E-state index < -0.39 is 10.0 Å². The van der Waals surface area contributed by atoms with Crippen molar-refractivity contribution in [1.82, 2.24) is 4.31 Å². The zero-order chi connectivity index (χ0) is 14.9. The molecule has 0 amide bonds. The van der Waals surface area contributed by atoms with Gasteiger partial charge in [-0.15, -0.1) is 0 Å². The number of hydrogen-bond acceptors (Lipinski definition) is 4. The smallest absolute Gasteiger partial charge is 0.243 e. The van der Waals surface area contributed by atoms with E-state index in [2.05, 4.69) is 0 Å². The lowest BCUT2D eigenvalue weighted by Crippen LogP contribution is -2.43. The second-order valence-corrected chi connectivity index (χ2v) is 7.00. The highest BCUT2D eigenvalue weighted by molar-refractivity contribution is 7.89. The Labute approximate surface area is 118 Å². The molecule has 1 aliphatic heterocycles. The Morgan fingerprint density at radius 3 is 2.65 bits per heavy atom. The van der Waals surface area contributed by atoms with Crippen LogP contribution in [0.3, 0.4) is 0 Å². The van der Waals surface area contributed by atoms with Crippen molar-refractivity contribution in [2.75, 3.05) is 13.1 Å². The van der Waals surface area contributed by atoms with Crippen molar-refractivity contribution < 1.29 is 18.0 Å². The molecule has 2 rings (SSSR count). The van der Waals surface area contributed by atoms with Crippen LogP contribution in [0.1, 0.15) is 30.6 Å². The van der Waals surface area contributed by atoms with Gasteiger partial charge in [0.1, 0.15) is 5.78 Å². The number of sulfonamides is 1. The summed E-state index contributed by atoms with van der Waals surface area (Å²) in [7, 11) is -3.65. The minimum absolute atomic E-state index is 0.0916. The number of ketones is 2. The fraction of sp³-hybridized carbons (Fsp3) is 0.429. The van der Waals surface area contributed by atoms with Gasteiger partial charge in [-0.3, -0.25) is 9.59 Å². The average molecular weight is 295 g/mol. The Morgan fingerprint density at radius 2 is 2.05 bits per heavy atom. The normalized spacial score (nSPS) is 20.9. The van der Waals surface area contributed by atoms with E-state index >= 15 is 0 Å². The van der Waals surface area contributed by atoms with Crippen LogP contribution in [-0.4, -0.2) is 37.4 Å². The van der Waals surface area contributed by atoms with Crippen molar-refractivity contribution in [3.8, 4) is 0 Å². The number of piperidine rings is 1. The summed E-state index contributed by atoms with van der Waals surface area (Å²) in [6, 6.07) is 6.01. The molecule has 0 aliphatic carbocycles. The maximum Gasteiger partial charge on any atom is 0.243 e. The summed E-state index contributed by atoms with van der Waals surface area (Å²) < 4.78 is 26.4. The van der Waals surface area contributed by atoms with Crippen molar-refractivity contribution in [2.24, 2.45) is 5.92 Å².